The largest absolute Gasteiger partial charge is 0.325 e. The molecule has 0 saturated heterocycles. The van der Waals surface area contributed by atoms with E-state index in [1.54, 1.807) is 6.07 Å². The van der Waals surface area contributed by atoms with E-state index in [0.717, 1.165) is 5.56 Å². The van der Waals surface area contributed by atoms with Crippen molar-refractivity contribution in [2.45, 2.75) is 0 Å². The molecule has 0 amide bonds. The molecule has 2 N–H and O–H groups in total. The van der Waals surface area contributed by atoms with Crippen molar-refractivity contribution in [3.05, 3.63) is 75.2 Å². The first kappa shape index (κ1) is 14.5. The molecule has 0 radical (unpaired) electrons. The van der Waals surface area contributed by atoms with Crippen LogP contribution in [0.1, 0.15) is 0 Å². The van der Waals surface area contributed by atoms with Gasteiger partial charge in [0.15, 0.2) is 0 Å². The van der Waals surface area contributed by atoms with E-state index >= 15 is 0 Å². The minimum Gasteiger partial charge on any atom is -0.325 e. The zero-order chi connectivity index (χ0) is 15.5. The third-order valence-electron chi connectivity index (χ3n) is 3.00. The summed E-state index contributed by atoms with van der Waals surface area (Å²) >= 11 is 3.26. The monoisotopic (exact) mass is 359 g/mol. The minimum absolute atomic E-state index is 0.269. The summed E-state index contributed by atoms with van der Waals surface area (Å²) in [6, 6.07) is 15.1. The lowest BCUT2D eigenvalue weighted by Crippen LogP contribution is -2.10. The molecule has 0 aliphatic carbocycles. The van der Waals surface area contributed by atoms with Gasteiger partial charge < -0.3 is 5.32 Å². The Morgan fingerprint density at radius 1 is 1.09 bits per heavy atom. The molecule has 0 atom stereocenters. The maximum absolute atomic E-state index is 13.1. The predicted molar refractivity (Wildman–Crippen MR) is 87.7 cm³/mol. The fraction of sp³-hybridized carbons (Fsp3) is 0. The normalized spacial score (nSPS) is 10.5. The Morgan fingerprint density at radius 3 is 2.59 bits per heavy atom. The second-order valence-corrected chi connectivity index (χ2v) is 5.45. The van der Waals surface area contributed by atoms with Crippen LogP contribution in [0.5, 0.6) is 0 Å². The molecule has 110 valence electrons. The van der Waals surface area contributed by atoms with Gasteiger partial charge in [0, 0.05) is 16.1 Å². The molecule has 6 heteroatoms. The van der Waals surface area contributed by atoms with Crippen LogP contribution in [0.4, 0.5) is 16.0 Å². The van der Waals surface area contributed by atoms with Gasteiger partial charge in [-0.15, -0.1) is 0 Å². The molecule has 1 aromatic heterocycles. The van der Waals surface area contributed by atoms with Crippen LogP contribution in [0.2, 0.25) is 0 Å². The van der Waals surface area contributed by atoms with Crippen molar-refractivity contribution in [1.29, 1.82) is 0 Å². The highest BCUT2D eigenvalue weighted by molar-refractivity contribution is 9.10. The Balaban J connectivity index is 1.98. The number of rotatable bonds is 3. The zero-order valence-electron chi connectivity index (χ0n) is 11.3. The second kappa shape index (κ2) is 6.11. The van der Waals surface area contributed by atoms with Gasteiger partial charge in [-0.3, -0.25) is 9.78 Å². The van der Waals surface area contributed by atoms with Crippen LogP contribution in [0.25, 0.3) is 11.3 Å². The molecule has 0 fully saturated rings. The lowest BCUT2D eigenvalue weighted by molar-refractivity contribution is 0.627. The number of benzene rings is 2. The predicted octanol–water partition coefficient (Wildman–Crippen LogP) is 4.08. The van der Waals surface area contributed by atoms with Crippen molar-refractivity contribution in [3.63, 3.8) is 0 Å². The summed E-state index contributed by atoms with van der Waals surface area (Å²) in [6.07, 6.45) is 0. The van der Waals surface area contributed by atoms with Crippen molar-refractivity contribution in [2.24, 2.45) is 0 Å². The molecular formula is C16H11BrFN3O. The molecule has 2 aromatic carbocycles. The molecule has 0 spiro atoms. The van der Waals surface area contributed by atoms with Crippen molar-refractivity contribution in [3.8, 4) is 11.3 Å². The first-order valence-corrected chi connectivity index (χ1v) is 7.30. The Morgan fingerprint density at radius 2 is 1.86 bits per heavy atom. The van der Waals surface area contributed by atoms with Crippen molar-refractivity contribution < 1.29 is 4.39 Å². The van der Waals surface area contributed by atoms with E-state index in [1.807, 2.05) is 30.3 Å². The average Bonchev–Trinajstić information content (AvgIpc) is 2.50. The number of halogens is 2. The maximum atomic E-state index is 13.1. The number of hydrogen-bond acceptors (Lipinski definition) is 3. The van der Waals surface area contributed by atoms with Crippen molar-refractivity contribution in [2.75, 3.05) is 5.32 Å². The number of hydrogen-bond donors (Lipinski definition) is 2. The molecule has 0 saturated carbocycles. The van der Waals surface area contributed by atoms with Gasteiger partial charge in [0.2, 0.25) is 5.95 Å². The summed E-state index contributed by atoms with van der Waals surface area (Å²) < 4.78 is 13.6. The van der Waals surface area contributed by atoms with E-state index in [-0.39, 0.29) is 11.4 Å². The Labute approximate surface area is 134 Å². The zero-order valence-corrected chi connectivity index (χ0v) is 12.9. The highest BCUT2D eigenvalue weighted by Crippen LogP contribution is 2.25. The maximum Gasteiger partial charge on any atom is 0.252 e. The quantitative estimate of drug-likeness (QED) is 0.740. The molecule has 4 nitrogen and oxygen atoms in total. The summed E-state index contributed by atoms with van der Waals surface area (Å²) in [6.45, 7) is 0. The number of nitrogens with zero attached hydrogens (tertiary/aromatic N) is 1. The lowest BCUT2D eigenvalue weighted by Gasteiger charge is -2.09. The standard InChI is InChI=1S/C16H11BrFN3O/c17-12-8-11(18)6-7-13(12)19-16-20-14(9-15(22)21-16)10-4-2-1-3-5-10/h1-9H,(H2,19,20,21,22). The van der Waals surface area contributed by atoms with Crippen LogP contribution in [0.3, 0.4) is 0 Å². The van der Waals surface area contributed by atoms with Crippen LogP contribution >= 0.6 is 15.9 Å². The van der Waals surface area contributed by atoms with Gasteiger partial charge >= 0.3 is 0 Å². The summed E-state index contributed by atoms with van der Waals surface area (Å²) in [5, 5.41) is 2.97. The fourth-order valence-corrected chi connectivity index (χ4v) is 2.44. The molecule has 0 aliphatic heterocycles. The molecular weight excluding hydrogens is 349 g/mol. The Bertz CT molecular complexity index is 865. The summed E-state index contributed by atoms with van der Waals surface area (Å²) in [5.41, 5.74) is 1.74. The molecule has 0 unspecified atom stereocenters. The third-order valence-corrected chi connectivity index (χ3v) is 3.65. The molecule has 22 heavy (non-hydrogen) atoms. The van der Waals surface area contributed by atoms with E-state index in [1.165, 1.54) is 18.2 Å². The lowest BCUT2D eigenvalue weighted by atomic mass is 10.1. The fourth-order valence-electron chi connectivity index (χ4n) is 1.99. The summed E-state index contributed by atoms with van der Waals surface area (Å²) in [7, 11) is 0. The number of aromatic nitrogens is 2. The highest BCUT2D eigenvalue weighted by Gasteiger charge is 2.06. The van der Waals surface area contributed by atoms with Gasteiger partial charge in [-0.1, -0.05) is 30.3 Å². The van der Waals surface area contributed by atoms with Crippen LogP contribution < -0.4 is 10.9 Å². The van der Waals surface area contributed by atoms with E-state index in [0.29, 0.717) is 21.8 Å². The van der Waals surface area contributed by atoms with Gasteiger partial charge in [0.1, 0.15) is 5.82 Å². The Hall–Kier alpha value is -2.47. The molecule has 3 aromatic rings. The van der Waals surface area contributed by atoms with Gasteiger partial charge in [-0.05, 0) is 34.1 Å². The van der Waals surface area contributed by atoms with E-state index in [4.69, 9.17) is 0 Å². The number of H-pyrrole nitrogens is 1. The third kappa shape index (κ3) is 3.23. The van der Waals surface area contributed by atoms with E-state index < -0.39 is 0 Å². The molecule has 0 bridgehead atoms. The van der Waals surface area contributed by atoms with Gasteiger partial charge in [-0.2, -0.15) is 0 Å². The Kier molecular flexibility index (Phi) is 4.02. The molecule has 0 aliphatic rings. The number of anilines is 2. The van der Waals surface area contributed by atoms with Crippen molar-refractivity contribution >= 4 is 27.6 Å². The van der Waals surface area contributed by atoms with E-state index in [2.05, 4.69) is 31.2 Å². The number of aromatic amines is 1. The molecule has 3 rings (SSSR count). The van der Waals surface area contributed by atoms with Gasteiger partial charge in [-0.25, -0.2) is 9.37 Å². The van der Waals surface area contributed by atoms with Crippen LogP contribution in [-0.4, -0.2) is 9.97 Å². The van der Waals surface area contributed by atoms with Crippen LogP contribution in [-0.2, 0) is 0 Å². The highest BCUT2D eigenvalue weighted by atomic mass is 79.9. The number of nitrogens with one attached hydrogen (secondary N) is 2. The topological polar surface area (TPSA) is 57.8 Å². The first-order valence-electron chi connectivity index (χ1n) is 6.51. The summed E-state index contributed by atoms with van der Waals surface area (Å²) in [4.78, 5) is 18.8. The van der Waals surface area contributed by atoms with Gasteiger partial charge in [0.05, 0.1) is 11.4 Å². The average molecular weight is 360 g/mol. The van der Waals surface area contributed by atoms with Crippen LogP contribution in [0, 0.1) is 5.82 Å². The smallest absolute Gasteiger partial charge is 0.252 e. The summed E-state index contributed by atoms with van der Waals surface area (Å²) in [5.74, 6) is -0.0597. The van der Waals surface area contributed by atoms with E-state index in [9.17, 15) is 9.18 Å². The second-order valence-electron chi connectivity index (χ2n) is 4.59. The van der Waals surface area contributed by atoms with Crippen LogP contribution in [0.15, 0.2) is 63.9 Å². The minimum atomic E-state index is -0.350. The SMILES string of the molecule is O=c1cc(-c2ccccc2)nc(Nc2ccc(F)cc2Br)[nH]1. The van der Waals surface area contributed by atoms with Gasteiger partial charge in [0.25, 0.3) is 5.56 Å². The molecule has 1 heterocycles. The first-order chi connectivity index (χ1) is 10.6. The van der Waals surface area contributed by atoms with Crippen molar-refractivity contribution in [1.82, 2.24) is 9.97 Å².